The van der Waals surface area contributed by atoms with E-state index in [-0.39, 0.29) is 23.9 Å². The van der Waals surface area contributed by atoms with Gasteiger partial charge in [-0.1, -0.05) is 6.07 Å². The van der Waals surface area contributed by atoms with Gasteiger partial charge < -0.3 is 9.73 Å². The molecule has 9 heteroatoms. The lowest BCUT2D eigenvalue weighted by Crippen LogP contribution is -2.29. The number of anilines is 1. The Morgan fingerprint density at radius 3 is 2.79 bits per heavy atom. The number of nitrogens with one attached hydrogen (secondary N) is 2. The average Bonchev–Trinajstić information content (AvgIpc) is 3.34. The summed E-state index contributed by atoms with van der Waals surface area (Å²) in [7, 11) is -1.86. The second-order valence-corrected chi connectivity index (χ2v) is 8.83. The molecule has 1 amide bonds. The van der Waals surface area contributed by atoms with Gasteiger partial charge in [0.2, 0.25) is 15.9 Å². The molecule has 0 unspecified atom stereocenters. The first-order valence-corrected chi connectivity index (χ1v) is 11.0. The summed E-state index contributed by atoms with van der Waals surface area (Å²) in [5.41, 5.74) is 1.57. The molecule has 2 aromatic heterocycles. The van der Waals surface area contributed by atoms with Crippen molar-refractivity contribution < 1.29 is 17.6 Å². The van der Waals surface area contributed by atoms with Gasteiger partial charge in [-0.15, -0.1) is 0 Å². The molecule has 2 N–H and O–H groups in total. The van der Waals surface area contributed by atoms with Crippen molar-refractivity contribution in [2.75, 3.05) is 18.9 Å². The Labute approximate surface area is 168 Å². The molecule has 0 aliphatic carbocycles. The van der Waals surface area contributed by atoms with Gasteiger partial charge in [0.15, 0.2) is 0 Å². The lowest BCUT2D eigenvalue weighted by molar-refractivity contribution is -0.117. The first kappa shape index (κ1) is 20.3. The average molecular weight is 420 g/mol. The second-order valence-electron chi connectivity index (χ2n) is 6.28. The van der Waals surface area contributed by atoms with Crippen LogP contribution in [0.4, 0.5) is 5.69 Å². The van der Waals surface area contributed by atoms with Crippen LogP contribution in [-0.4, -0.2) is 32.8 Å². The van der Waals surface area contributed by atoms with Crippen LogP contribution in [0.1, 0.15) is 11.3 Å². The fraction of sp³-hybridized carbons (Fsp3) is 0.211. The van der Waals surface area contributed by atoms with Crippen molar-refractivity contribution in [2.45, 2.75) is 18.0 Å². The number of hydrogen-bond donors (Lipinski definition) is 2. The molecule has 0 radical (unpaired) electrons. The summed E-state index contributed by atoms with van der Waals surface area (Å²) in [6.45, 7) is 0.922. The third-order valence-corrected chi connectivity index (χ3v) is 6.02. The lowest BCUT2D eigenvalue weighted by Gasteiger charge is -2.15. The Kier molecular flexibility index (Phi) is 6.63. The van der Waals surface area contributed by atoms with Gasteiger partial charge in [-0.25, -0.2) is 13.1 Å². The van der Waals surface area contributed by atoms with E-state index in [4.69, 9.17) is 4.42 Å². The van der Waals surface area contributed by atoms with Gasteiger partial charge in [0.25, 0.3) is 0 Å². The van der Waals surface area contributed by atoms with Gasteiger partial charge in [0.05, 0.1) is 24.2 Å². The van der Waals surface area contributed by atoms with Crippen molar-refractivity contribution in [3.8, 4) is 0 Å². The summed E-state index contributed by atoms with van der Waals surface area (Å²) in [6, 6.07) is 11.5. The van der Waals surface area contributed by atoms with Crippen LogP contribution in [0.2, 0.25) is 0 Å². The number of hydrogen-bond acceptors (Lipinski definition) is 6. The standard InChI is InChI=1S/C19H21N3O4S2/c1-22(12-15-7-9-27-14-15)13-19(23)21-16-4-2-6-18(10-16)28(24,25)20-11-17-5-3-8-26-17/h2-10,14,20H,11-13H2,1H3,(H,21,23). The van der Waals surface area contributed by atoms with Crippen molar-refractivity contribution >= 4 is 33.0 Å². The Morgan fingerprint density at radius 1 is 1.21 bits per heavy atom. The number of rotatable bonds is 9. The summed E-state index contributed by atoms with van der Waals surface area (Å²) in [4.78, 5) is 14.2. The van der Waals surface area contributed by atoms with Gasteiger partial charge in [-0.05, 0) is 59.8 Å². The summed E-state index contributed by atoms with van der Waals surface area (Å²) >= 11 is 1.61. The van der Waals surface area contributed by atoms with Gasteiger partial charge in [-0.3, -0.25) is 9.69 Å². The van der Waals surface area contributed by atoms with Gasteiger partial charge >= 0.3 is 0 Å². The molecule has 0 bridgehead atoms. The number of furan rings is 1. The first-order valence-electron chi connectivity index (χ1n) is 8.54. The molecule has 0 atom stereocenters. The molecule has 0 aliphatic rings. The van der Waals surface area contributed by atoms with E-state index in [0.29, 0.717) is 18.0 Å². The Balaban J connectivity index is 1.58. The van der Waals surface area contributed by atoms with E-state index in [2.05, 4.69) is 10.0 Å². The van der Waals surface area contributed by atoms with E-state index in [0.717, 1.165) is 5.56 Å². The highest BCUT2D eigenvalue weighted by molar-refractivity contribution is 7.89. The molecule has 0 fully saturated rings. The quantitative estimate of drug-likeness (QED) is 0.556. The SMILES string of the molecule is CN(CC(=O)Nc1cccc(S(=O)(=O)NCc2ccco2)c1)Cc1ccsc1. The molecule has 7 nitrogen and oxygen atoms in total. The van der Waals surface area contributed by atoms with Crippen molar-refractivity contribution in [1.82, 2.24) is 9.62 Å². The molecule has 28 heavy (non-hydrogen) atoms. The van der Waals surface area contributed by atoms with E-state index < -0.39 is 10.0 Å². The minimum Gasteiger partial charge on any atom is -0.468 e. The number of amides is 1. The number of carbonyl (C=O) groups excluding carboxylic acids is 1. The Hall–Kier alpha value is -2.46. The highest BCUT2D eigenvalue weighted by Gasteiger charge is 2.16. The number of likely N-dealkylation sites (N-methyl/N-ethyl adjacent to an activating group) is 1. The molecule has 0 spiro atoms. The predicted molar refractivity (Wildman–Crippen MR) is 108 cm³/mol. The fourth-order valence-electron chi connectivity index (χ4n) is 2.60. The summed E-state index contributed by atoms with van der Waals surface area (Å²) in [6.07, 6.45) is 1.48. The van der Waals surface area contributed by atoms with Crippen LogP contribution in [0.25, 0.3) is 0 Å². The zero-order valence-corrected chi connectivity index (χ0v) is 16.9. The van der Waals surface area contributed by atoms with Gasteiger partial charge in [0, 0.05) is 12.2 Å². The van der Waals surface area contributed by atoms with E-state index in [1.54, 1.807) is 35.6 Å². The number of sulfonamides is 1. The molecule has 3 rings (SSSR count). The molecular weight excluding hydrogens is 398 g/mol. The minimum atomic E-state index is -3.72. The smallest absolute Gasteiger partial charge is 0.241 e. The molecule has 0 aliphatic heterocycles. The monoisotopic (exact) mass is 419 g/mol. The van der Waals surface area contributed by atoms with Crippen LogP contribution in [-0.2, 0) is 27.9 Å². The Morgan fingerprint density at radius 2 is 2.07 bits per heavy atom. The molecule has 1 aromatic carbocycles. The van der Waals surface area contributed by atoms with E-state index in [1.165, 1.54) is 18.4 Å². The Bertz CT molecular complexity index is 1000. The van der Waals surface area contributed by atoms with Gasteiger partial charge in [-0.2, -0.15) is 11.3 Å². The van der Waals surface area contributed by atoms with Crippen molar-refractivity contribution in [3.63, 3.8) is 0 Å². The van der Waals surface area contributed by atoms with E-state index in [1.807, 2.05) is 28.8 Å². The van der Waals surface area contributed by atoms with E-state index in [9.17, 15) is 13.2 Å². The summed E-state index contributed by atoms with van der Waals surface area (Å²) in [5, 5.41) is 6.78. The molecule has 148 valence electrons. The van der Waals surface area contributed by atoms with Crippen LogP contribution in [0.5, 0.6) is 0 Å². The normalized spacial score (nSPS) is 11.6. The zero-order chi connectivity index (χ0) is 20.0. The maximum atomic E-state index is 12.4. The summed E-state index contributed by atoms with van der Waals surface area (Å²) < 4.78 is 32.5. The number of thiophene rings is 1. The maximum absolute atomic E-state index is 12.4. The highest BCUT2D eigenvalue weighted by Crippen LogP contribution is 2.16. The number of nitrogens with zero attached hydrogens (tertiary/aromatic N) is 1. The third-order valence-electron chi connectivity index (χ3n) is 3.89. The molecular formula is C19H21N3O4S2. The van der Waals surface area contributed by atoms with Crippen LogP contribution in [0.3, 0.4) is 0 Å². The zero-order valence-electron chi connectivity index (χ0n) is 15.3. The van der Waals surface area contributed by atoms with Crippen molar-refractivity contribution in [2.24, 2.45) is 0 Å². The topological polar surface area (TPSA) is 91.7 Å². The maximum Gasteiger partial charge on any atom is 0.241 e. The van der Waals surface area contributed by atoms with Crippen molar-refractivity contribution in [3.05, 3.63) is 70.8 Å². The van der Waals surface area contributed by atoms with Gasteiger partial charge in [0.1, 0.15) is 5.76 Å². The predicted octanol–water partition coefficient (Wildman–Crippen LogP) is 2.89. The molecule has 0 saturated carbocycles. The molecule has 2 heterocycles. The van der Waals surface area contributed by atoms with E-state index >= 15 is 0 Å². The van der Waals surface area contributed by atoms with Crippen LogP contribution < -0.4 is 10.0 Å². The molecule has 3 aromatic rings. The van der Waals surface area contributed by atoms with Crippen LogP contribution in [0, 0.1) is 0 Å². The first-order chi connectivity index (χ1) is 13.4. The summed E-state index contributed by atoms with van der Waals surface area (Å²) in [5.74, 6) is 0.303. The largest absolute Gasteiger partial charge is 0.468 e. The fourth-order valence-corrected chi connectivity index (χ4v) is 4.30. The second kappa shape index (κ2) is 9.16. The minimum absolute atomic E-state index is 0.0549. The lowest BCUT2D eigenvalue weighted by atomic mass is 10.3. The highest BCUT2D eigenvalue weighted by atomic mass is 32.2. The number of carbonyl (C=O) groups is 1. The van der Waals surface area contributed by atoms with Crippen molar-refractivity contribution in [1.29, 1.82) is 0 Å². The van der Waals surface area contributed by atoms with Crippen LogP contribution >= 0.6 is 11.3 Å². The number of benzene rings is 1. The third kappa shape index (κ3) is 5.77. The van der Waals surface area contributed by atoms with Crippen LogP contribution in [0.15, 0.2) is 68.8 Å². The molecule has 0 saturated heterocycles.